The normalized spacial score (nSPS) is 43.0. The smallest absolute Gasteiger partial charge is 0.110 e. The molecule has 0 unspecified atom stereocenters. The molecule has 0 spiro atoms. The van der Waals surface area contributed by atoms with Crippen molar-refractivity contribution in [3.05, 3.63) is 0 Å². The summed E-state index contributed by atoms with van der Waals surface area (Å²) in [6, 6.07) is -0.636. The summed E-state index contributed by atoms with van der Waals surface area (Å²) in [4.78, 5) is 0. The second kappa shape index (κ2) is 4.35. The highest BCUT2D eigenvalue weighted by atomic mass is 16.5. The summed E-state index contributed by atoms with van der Waals surface area (Å²) in [5.41, 5.74) is 5.56. The van der Waals surface area contributed by atoms with Crippen LogP contribution in [0, 0.1) is 5.41 Å². The van der Waals surface area contributed by atoms with Gasteiger partial charge in [-0.05, 0) is 5.41 Å². The average Bonchev–Trinajstić information content (AvgIpc) is 2.13. The number of rotatable bonds is 1. The van der Waals surface area contributed by atoms with Crippen molar-refractivity contribution in [1.29, 1.82) is 0 Å². The van der Waals surface area contributed by atoms with Crippen molar-refractivity contribution in [3.63, 3.8) is 0 Å². The molecule has 15 heavy (non-hydrogen) atoms. The van der Waals surface area contributed by atoms with Crippen LogP contribution in [-0.2, 0) is 4.74 Å². The van der Waals surface area contributed by atoms with Crippen LogP contribution in [0.2, 0.25) is 0 Å². The van der Waals surface area contributed by atoms with Crippen molar-refractivity contribution in [2.75, 3.05) is 6.61 Å². The Morgan fingerprint density at radius 1 is 1.20 bits per heavy atom. The summed E-state index contributed by atoms with van der Waals surface area (Å²) in [6.07, 6.45) is -3.32. The third-order valence-corrected chi connectivity index (χ3v) is 2.83. The zero-order valence-corrected chi connectivity index (χ0v) is 9.42. The monoisotopic (exact) mass is 219 g/mol. The molecule has 1 heterocycles. The summed E-state index contributed by atoms with van der Waals surface area (Å²) < 4.78 is 5.51. The summed E-state index contributed by atoms with van der Waals surface area (Å²) >= 11 is 0. The van der Waals surface area contributed by atoms with Crippen LogP contribution in [0.5, 0.6) is 0 Å². The molecule has 0 aromatic rings. The lowest BCUT2D eigenvalue weighted by atomic mass is 9.79. The lowest BCUT2D eigenvalue weighted by Crippen LogP contribution is -2.64. The van der Waals surface area contributed by atoms with E-state index >= 15 is 0 Å². The van der Waals surface area contributed by atoms with Crippen LogP contribution in [0.1, 0.15) is 20.8 Å². The lowest BCUT2D eigenvalue weighted by Gasteiger charge is -2.46. The van der Waals surface area contributed by atoms with Gasteiger partial charge in [0.1, 0.15) is 18.3 Å². The van der Waals surface area contributed by atoms with E-state index in [1.807, 2.05) is 20.8 Å². The molecule has 1 aliphatic heterocycles. The minimum atomic E-state index is -1.12. The van der Waals surface area contributed by atoms with E-state index in [0.29, 0.717) is 0 Å². The van der Waals surface area contributed by atoms with E-state index in [9.17, 15) is 10.2 Å². The van der Waals surface area contributed by atoms with E-state index in [-0.39, 0.29) is 18.1 Å². The van der Waals surface area contributed by atoms with Crippen LogP contribution in [-0.4, -0.2) is 52.4 Å². The van der Waals surface area contributed by atoms with Gasteiger partial charge >= 0.3 is 0 Å². The quantitative estimate of drug-likeness (QED) is 0.446. The molecular weight excluding hydrogens is 198 g/mol. The van der Waals surface area contributed by atoms with Crippen LogP contribution < -0.4 is 5.73 Å². The van der Waals surface area contributed by atoms with Gasteiger partial charge in [0.15, 0.2) is 0 Å². The Bertz CT molecular complexity index is 214. The Labute approximate surface area is 89.9 Å². The largest absolute Gasteiger partial charge is 0.394 e. The van der Waals surface area contributed by atoms with Gasteiger partial charge in [-0.2, -0.15) is 0 Å². The van der Waals surface area contributed by atoms with Crippen LogP contribution in [0.3, 0.4) is 0 Å². The van der Waals surface area contributed by atoms with Gasteiger partial charge in [-0.25, -0.2) is 0 Å². The molecule has 5 heteroatoms. The third-order valence-electron chi connectivity index (χ3n) is 2.83. The predicted octanol–water partition coefficient (Wildman–Crippen LogP) is -1.16. The molecule has 5 N–H and O–H groups in total. The van der Waals surface area contributed by atoms with Gasteiger partial charge in [0.05, 0.1) is 18.8 Å². The lowest BCUT2D eigenvalue weighted by molar-refractivity contribution is -0.211. The predicted molar refractivity (Wildman–Crippen MR) is 55.2 cm³/mol. The first-order chi connectivity index (χ1) is 6.79. The summed E-state index contributed by atoms with van der Waals surface area (Å²) in [5.74, 6) is 0. The van der Waals surface area contributed by atoms with Gasteiger partial charge < -0.3 is 25.8 Å². The molecule has 1 rings (SSSR count). The Morgan fingerprint density at radius 2 is 1.73 bits per heavy atom. The Morgan fingerprint density at radius 3 is 2.13 bits per heavy atom. The van der Waals surface area contributed by atoms with E-state index in [0.717, 1.165) is 0 Å². The minimum Gasteiger partial charge on any atom is -0.394 e. The Balaban J connectivity index is 2.83. The minimum absolute atomic E-state index is 0.242. The molecule has 90 valence electrons. The first kappa shape index (κ1) is 12.9. The van der Waals surface area contributed by atoms with Crippen molar-refractivity contribution in [3.8, 4) is 0 Å². The molecule has 0 aliphatic carbocycles. The number of hydrogen-bond donors (Lipinski definition) is 4. The maximum atomic E-state index is 9.72. The fourth-order valence-corrected chi connectivity index (χ4v) is 1.92. The Kier molecular flexibility index (Phi) is 3.73. The van der Waals surface area contributed by atoms with E-state index in [1.165, 1.54) is 0 Å². The first-order valence-electron chi connectivity index (χ1n) is 5.17. The van der Waals surface area contributed by atoms with Crippen LogP contribution in [0.25, 0.3) is 0 Å². The molecule has 1 saturated heterocycles. The Hall–Kier alpha value is -0.200. The number of aliphatic hydroxyl groups excluding tert-OH is 3. The van der Waals surface area contributed by atoms with Crippen LogP contribution in [0.15, 0.2) is 0 Å². The van der Waals surface area contributed by atoms with Crippen molar-refractivity contribution >= 4 is 0 Å². The third kappa shape index (κ3) is 2.49. The van der Waals surface area contributed by atoms with E-state index in [1.54, 1.807) is 0 Å². The average molecular weight is 219 g/mol. The molecule has 5 atom stereocenters. The summed E-state index contributed by atoms with van der Waals surface area (Å²) in [7, 11) is 0. The van der Waals surface area contributed by atoms with E-state index in [4.69, 9.17) is 15.6 Å². The van der Waals surface area contributed by atoms with Gasteiger partial charge in [0, 0.05) is 0 Å². The zero-order chi connectivity index (χ0) is 11.8. The van der Waals surface area contributed by atoms with Crippen molar-refractivity contribution in [2.24, 2.45) is 11.1 Å². The van der Waals surface area contributed by atoms with E-state index < -0.39 is 24.4 Å². The van der Waals surface area contributed by atoms with Crippen LogP contribution >= 0.6 is 0 Å². The number of ether oxygens (including phenoxy) is 1. The number of aliphatic hydroxyl groups is 3. The maximum absolute atomic E-state index is 9.72. The molecule has 0 aromatic heterocycles. The molecule has 1 aliphatic rings. The standard InChI is InChI=1S/C10H21NO4/c1-10(2,3)9-6(11)8(14)7(13)5(4-12)15-9/h5-9,12-14H,4,11H2,1-3H3/t5-,6-,7-,8-,9-/m1/s1. The van der Waals surface area contributed by atoms with E-state index in [2.05, 4.69) is 0 Å². The fraction of sp³-hybridized carbons (Fsp3) is 1.00. The maximum Gasteiger partial charge on any atom is 0.110 e. The molecule has 1 fully saturated rings. The molecular formula is C10H21NO4. The zero-order valence-electron chi connectivity index (χ0n) is 9.42. The van der Waals surface area contributed by atoms with Gasteiger partial charge in [-0.3, -0.25) is 0 Å². The summed E-state index contributed by atoms with van der Waals surface area (Å²) in [5, 5.41) is 28.3. The van der Waals surface area contributed by atoms with Crippen LogP contribution in [0.4, 0.5) is 0 Å². The molecule has 0 radical (unpaired) electrons. The molecule has 0 saturated carbocycles. The van der Waals surface area contributed by atoms with Gasteiger partial charge in [-0.1, -0.05) is 20.8 Å². The molecule has 0 amide bonds. The summed E-state index contributed by atoms with van der Waals surface area (Å²) in [6.45, 7) is 5.50. The van der Waals surface area contributed by atoms with Gasteiger partial charge in [0.2, 0.25) is 0 Å². The first-order valence-corrected chi connectivity index (χ1v) is 5.17. The second-order valence-electron chi connectivity index (χ2n) is 5.20. The number of nitrogens with two attached hydrogens (primary N) is 1. The molecule has 0 bridgehead atoms. The van der Waals surface area contributed by atoms with Crippen molar-refractivity contribution in [2.45, 2.75) is 51.2 Å². The highest BCUT2D eigenvalue weighted by Gasteiger charge is 2.46. The highest BCUT2D eigenvalue weighted by molar-refractivity contribution is 4.98. The van der Waals surface area contributed by atoms with Gasteiger partial charge in [-0.15, -0.1) is 0 Å². The van der Waals surface area contributed by atoms with Crippen molar-refractivity contribution < 1.29 is 20.1 Å². The SMILES string of the molecule is CC(C)(C)[C@@H]1O[C@H](CO)[C@@H](O)[C@H](O)[C@H]1N. The highest BCUT2D eigenvalue weighted by Crippen LogP contribution is 2.31. The molecule has 5 nitrogen and oxygen atoms in total. The fourth-order valence-electron chi connectivity index (χ4n) is 1.92. The van der Waals surface area contributed by atoms with Gasteiger partial charge in [0.25, 0.3) is 0 Å². The second-order valence-corrected chi connectivity index (χ2v) is 5.20. The topological polar surface area (TPSA) is 95.9 Å². The van der Waals surface area contributed by atoms with Crippen molar-refractivity contribution in [1.82, 2.24) is 0 Å². The molecule has 0 aromatic carbocycles. The number of hydrogen-bond acceptors (Lipinski definition) is 5.